The highest BCUT2D eigenvalue weighted by atomic mass is 35.5. The van der Waals surface area contributed by atoms with Crippen LogP contribution < -0.4 is 16.8 Å². The molecule has 0 radical (unpaired) electrons. The van der Waals surface area contributed by atoms with Crippen LogP contribution in [0.2, 0.25) is 5.02 Å². The van der Waals surface area contributed by atoms with E-state index in [4.69, 9.17) is 23.1 Å². The highest BCUT2D eigenvalue weighted by Gasteiger charge is 2.44. The molecule has 2 aromatic rings. The second kappa shape index (κ2) is 10.1. The molecule has 0 saturated heterocycles. The number of nitrogens with two attached hydrogens (primary N) is 2. The summed E-state index contributed by atoms with van der Waals surface area (Å²) in [7, 11) is 0. The van der Waals surface area contributed by atoms with Gasteiger partial charge in [0.15, 0.2) is 0 Å². The van der Waals surface area contributed by atoms with E-state index in [1.165, 1.54) is 43.4 Å². The second-order valence-corrected chi connectivity index (χ2v) is 9.87. The molecule has 6 nitrogen and oxygen atoms in total. The number of primary amides is 1. The van der Waals surface area contributed by atoms with Crippen LogP contribution in [0.1, 0.15) is 63.3 Å². The van der Waals surface area contributed by atoms with E-state index in [2.05, 4.69) is 10.3 Å². The first kappa shape index (κ1) is 23.0. The fraction of sp³-hybridized carbons (Fsp3) is 0.591. The highest BCUT2D eigenvalue weighted by Crippen LogP contribution is 2.32. The average molecular weight is 451 g/mol. The number of nitrogens with one attached hydrogen (secondary N) is 1. The van der Waals surface area contributed by atoms with Crippen molar-refractivity contribution in [3.05, 3.63) is 28.2 Å². The number of aromatic nitrogens is 1. The molecule has 0 bridgehead atoms. The van der Waals surface area contributed by atoms with Crippen molar-refractivity contribution in [2.45, 2.75) is 76.3 Å². The van der Waals surface area contributed by atoms with Gasteiger partial charge in [-0.1, -0.05) is 50.6 Å². The molecular formula is C22H31ClN4O2S. The molecule has 8 heteroatoms. The van der Waals surface area contributed by atoms with Crippen molar-refractivity contribution >= 4 is 45.0 Å². The van der Waals surface area contributed by atoms with E-state index in [0.29, 0.717) is 22.4 Å². The predicted molar refractivity (Wildman–Crippen MR) is 122 cm³/mol. The Morgan fingerprint density at radius 2 is 2.07 bits per heavy atom. The van der Waals surface area contributed by atoms with Crippen LogP contribution in [-0.2, 0) is 16.0 Å². The maximum atomic E-state index is 12.7. The van der Waals surface area contributed by atoms with Crippen LogP contribution in [0.5, 0.6) is 0 Å². The summed E-state index contributed by atoms with van der Waals surface area (Å²) < 4.78 is 0.925. The zero-order valence-corrected chi connectivity index (χ0v) is 19.0. The molecule has 1 aliphatic rings. The molecule has 2 amide bonds. The number of benzene rings is 1. The molecule has 2 atom stereocenters. The van der Waals surface area contributed by atoms with E-state index >= 15 is 0 Å². The van der Waals surface area contributed by atoms with Gasteiger partial charge < -0.3 is 16.8 Å². The number of thiazole rings is 1. The number of carbonyl (C=O) groups is 2. The Labute approximate surface area is 186 Å². The Bertz CT molecular complexity index is 896. The molecule has 0 aliphatic heterocycles. The lowest BCUT2D eigenvalue weighted by molar-refractivity contribution is -0.132. The normalized spacial score (nSPS) is 18.1. The summed E-state index contributed by atoms with van der Waals surface area (Å²) in [5.41, 5.74) is 11.9. The summed E-state index contributed by atoms with van der Waals surface area (Å²) in [6, 6.07) is 4.89. The third-order valence-corrected chi connectivity index (χ3v) is 7.45. The lowest BCUT2D eigenvalue weighted by Crippen LogP contribution is -2.68. The number of carbonyl (C=O) groups excluding carboxylic acids is 2. The number of nitrogens with zero attached hydrogens (tertiary/aromatic N) is 1. The van der Waals surface area contributed by atoms with Crippen LogP contribution in [0.25, 0.3) is 10.2 Å². The molecule has 0 spiro atoms. The zero-order chi connectivity index (χ0) is 21.7. The summed E-state index contributed by atoms with van der Waals surface area (Å²) >= 11 is 7.54. The second-order valence-electron chi connectivity index (χ2n) is 8.32. The van der Waals surface area contributed by atoms with Crippen molar-refractivity contribution in [2.75, 3.05) is 0 Å². The predicted octanol–water partition coefficient (Wildman–Crippen LogP) is 3.93. The maximum Gasteiger partial charge on any atom is 0.245 e. The number of hydrogen-bond donors (Lipinski definition) is 3. The lowest BCUT2D eigenvalue weighted by Gasteiger charge is -2.37. The molecule has 1 heterocycles. The molecule has 3 rings (SSSR count). The molecule has 164 valence electrons. The molecule has 1 aromatic heterocycles. The van der Waals surface area contributed by atoms with Crippen LogP contribution >= 0.6 is 22.9 Å². The Morgan fingerprint density at radius 1 is 1.33 bits per heavy atom. The van der Waals surface area contributed by atoms with Crippen molar-refractivity contribution < 1.29 is 9.59 Å². The summed E-state index contributed by atoms with van der Waals surface area (Å²) in [6.07, 6.45) is 8.20. The Balaban J connectivity index is 1.86. The topological polar surface area (TPSA) is 111 Å². The largest absolute Gasteiger partial charge is 0.368 e. The average Bonchev–Trinajstić information content (AvgIpc) is 3.13. The molecule has 1 unspecified atom stereocenters. The van der Waals surface area contributed by atoms with Gasteiger partial charge in [-0.2, -0.15) is 0 Å². The SMILES string of the molecule is CCC(=O)NC(Cc1nc2ccc(Cl)cc2s1)(C(N)=O)[C@@H](N)CCC1CCCCC1. The van der Waals surface area contributed by atoms with Gasteiger partial charge in [0, 0.05) is 23.9 Å². The molecule has 1 aromatic carbocycles. The third-order valence-electron chi connectivity index (χ3n) is 6.19. The van der Waals surface area contributed by atoms with Gasteiger partial charge in [-0.05, 0) is 37.0 Å². The Kier molecular flexibility index (Phi) is 7.71. The minimum Gasteiger partial charge on any atom is -0.368 e. The van der Waals surface area contributed by atoms with Crippen LogP contribution in [0.4, 0.5) is 0 Å². The fourth-order valence-corrected chi connectivity index (χ4v) is 5.67. The monoisotopic (exact) mass is 450 g/mol. The maximum absolute atomic E-state index is 12.7. The van der Waals surface area contributed by atoms with Gasteiger partial charge in [-0.15, -0.1) is 11.3 Å². The Hall–Kier alpha value is -1.70. The number of rotatable bonds is 9. The van der Waals surface area contributed by atoms with E-state index in [1.54, 1.807) is 13.0 Å². The van der Waals surface area contributed by atoms with Gasteiger partial charge in [0.05, 0.1) is 15.2 Å². The zero-order valence-electron chi connectivity index (χ0n) is 17.5. The van der Waals surface area contributed by atoms with Gasteiger partial charge >= 0.3 is 0 Å². The lowest BCUT2D eigenvalue weighted by atomic mass is 9.79. The van der Waals surface area contributed by atoms with Crippen molar-refractivity contribution in [2.24, 2.45) is 17.4 Å². The summed E-state index contributed by atoms with van der Waals surface area (Å²) in [4.78, 5) is 29.7. The Morgan fingerprint density at radius 3 is 2.73 bits per heavy atom. The van der Waals surface area contributed by atoms with Crippen molar-refractivity contribution in [1.29, 1.82) is 0 Å². The first-order valence-corrected chi connectivity index (χ1v) is 11.9. The third kappa shape index (κ3) is 5.31. The van der Waals surface area contributed by atoms with E-state index in [1.807, 2.05) is 12.1 Å². The van der Waals surface area contributed by atoms with Crippen LogP contribution in [0, 0.1) is 5.92 Å². The van der Waals surface area contributed by atoms with Gasteiger partial charge in [-0.3, -0.25) is 9.59 Å². The van der Waals surface area contributed by atoms with Crippen molar-refractivity contribution in [3.63, 3.8) is 0 Å². The standard InChI is InChI=1S/C22H31ClN4O2S/c1-2-19(28)27-22(21(25)29,18(24)11-8-14-6-4-3-5-7-14)13-20-26-16-10-9-15(23)12-17(16)30-20/h9-10,12,14,18H,2-8,11,13,24H2,1H3,(H2,25,29)(H,27,28)/t18-,22?/m0/s1. The van der Waals surface area contributed by atoms with E-state index in [0.717, 1.165) is 16.6 Å². The summed E-state index contributed by atoms with van der Waals surface area (Å²) in [6.45, 7) is 1.74. The van der Waals surface area contributed by atoms with Crippen LogP contribution in [-0.4, -0.2) is 28.4 Å². The number of halogens is 1. The molecule has 30 heavy (non-hydrogen) atoms. The molecule has 1 saturated carbocycles. The van der Waals surface area contributed by atoms with Crippen molar-refractivity contribution in [1.82, 2.24) is 10.3 Å². The number of amides is 2. The first-order chi connectivity index (χ1) is 14.3. The van der Waals surface area contributed by atoms with Crippen LogP contribution in [0.3, 0.4) is 0 Å². The quantitative estimate of drug-likeness (QED) is 0.537. The number of fused-ring (bicyclic) bond motifs is 1. The van der Waals surface area contributed by atoms with Gasteiger partial charge in [0.1, 0.15) is 5.54 Å². The van der Waals surface area contributed by atoms with E-state index < -0.39 is 17.5 Å². The van der Waals surface area contributed by atoms with Crippen molar-refractivity contribution in [3.8, 4) is 0 Å². The van der Waals surface area contributed by atoms with Crippen LogP contribution in [0.15, 0.2) is 18.2 Å². The molecular weight excluding hydrogens is 420 g/mol. The molecule has 1 aliphatic carbocycles. The van der Waals surface area contributed by atoms with Gasteiger partial charge in [-0.25, -0.2) is 4.98 Å². The molecule has 5 N–H and O–H groups in total. The molecule has 1 fully saturated rings. The van der Waals surface area contributed by atoms with Gasteiger partial charge in [0.25, 0.3) is 0 Å². The minimum absolute atomic E-state index is 0.177. The van der Waals surface area contributed by atoms with E-state index in [9.17, 15) is 9.59 Å². The fourth-order valence-electron chi connectivity index (χ4n) is 4.33. The van der Waals surface area contributed by atoms with Gasteiger partial charge in [0.2, 0.25) is 11.8 Å². The minimum atomic E-state index is -1.36. The number of hydrogen-bond acceptors (Lipinski definition) is 5. The summed E-state index contributed by atoms with van der Waals surface area (Å²) in [5.74, 6) is -0.231. The first-order valence-electron chi connectivity index (χ1n) is 10.8. The van der Waals surface area contributed by atoms with E-state index in [-0.39, 0.29) is 18.7 Å². The summed E-state index contributed by atoms with van der Waals surface area (Å²) in [5, 5.41) is 4.20. The smallest absolute Gasteiger partial charge is 0.245 e. The highest BCUT2D eigenvalue weighted by molar-refractivity contribution is 7.18.